The fourth-order valence-electron chi connectivity index (χ4n) is 4.07. The molecule has 0 spiro atoms. The Balaban J connectivity index is 1.30. The third-order valence-electron chi connectivity index (χ3n) is 5.50. The number of carbonyl (C=O) groups is 2. The van der Waals surface area contributed by atoms with Crippen LogP contribution in [0.4, 0.5) is 5.69 Å². The van der Waals surface area contributed by atoms with Crippen molar-refractivity contribution in [2.24, 2.45) is 0 Å². The van der Waals surface area contributed by atoms with E-state index in [1.807, 2.05) is 29.2 Å². The Morgan fingerprint density at radius 3 is 2.65 bits per heavy atom. The van der Waals surface area contributed by atoms with Crippen LogP contribution in [0.5, 0.6) is 0 Å². The fourth-order valence-corrected chi connectivity index (χ4v) is 4.07. The number of fused-ring (bicyclic) bond motifs is 1. The largest absolute Gasteiger partial charge is 0.352 e. The fraction of sp³-hybridized carbons (Fsp3) is 0.364. The Labute approximate surface area is 154 Å². The van der Waals surface area contributed by atoms with Gasteiger partial charge < -0.3 is 10.2 Å². The average Bonchev–Trinajstić information content (AvgIpc) is 3.27. The van der Waals surface area contributed by atoms with Gasteiger partial charge in [0.05, 0.1) is 0 Å². The van der Waals surface area contributed by atoms with Crippen LogP contribution in [0.15, 0.2) is 48.5 Å². The molecule has 2 aromatic rings. The van der Waals surface area contributed by atoms with E-state index in [9.17, 15) is 9.59 Å². The molecule has 1 saturated heterocycles. The van der Waals surface area contributed by atoms with Gasteiger partial charge in [-0.2, -0.15) is 0 Å². The van der Waals surface area contributed by atoms with Gasteiger partial charge in [0.1, 0.15) is 0 Å². The zero-order chi connectivity index (χ0) is 17.9. The van der Waals surface area contributed by atoms with Crippen LogP contribution in [0.1, 0.15) is 48.3 Å². The highest BCUT2D eigenvalue weighted by molar-refractivity contribution is 5.95. The number of hydrogen-bond donors (Lipinski definition) is 1. The van der Waals surface area contributed by atoms with Crippen LogP contribution in [0.3, 0.4) is 0 Å². The first-order valence-corrected chi connectivity index (χ1v) is 9.44. The first-order valence-electron chi connectivity index (χ1n) is 9.44. The highest BCUT2D eigenvalue weighted by Crippen LogP contribution is 2.35. The maximum absolute atomic E-state index is 12.3. The van der Waals surface area contributed by atoms with Crippen molar-refractivity contribution in [3.05, 3.63) is 65.2 Å². The number of rotatable bonds is 5. The van der Waals surface area contributed by atoms with E-state index in [0.29, 0.717) is 25.3 Å². The number of benzene rings is 2. The molecule has 0 radical (unpaired) electrons. The summed E-state index contributed by atoms with van der Waals surface area (Å²) in [5.74, 6) is 0.642. The minimum Gasteiger partial charge on any atom is -0.352 e. The van der Waals surface area contributed by atoms with Gasteiger partial charge in [-0.1, -0.05) is 36.4 Å². The molecule has 0 saturated carbocycles. The monoisotopic (exact) mass is 348 g/mol. The van der Waals surface area contributed by atoms with Crippen LogP contribution < -0.4 is 10.2 Å². The van der Waals surface area contributed by atoms with Crippen molar-refractivity contribution in [2.75, 3.05) is 11.4 Å². The van der Waals surface area contributed by atoms with Crippen molar-refractivity contribution >= 4 is 17.5 Å². The van der Waals surface area contributed by atoms with Crippen molar-refractivity contribution in [3.63, 3.8) is 0 Å². The van der Waals surface area contributed by atoms with Crippen LogP contribution in [0.2, 0.25) is 0 Å². The predicted octanol–water partition coefficient (Wildman–Crippen LogP) is 3.55. The van der Waals surface area contributed by atoms with E-state index in [1.165, 1.54) is 11.1 Å². The summed E-state index contributed by atoms with van der Waals surface area (Å²) in [5.41, 5.74) is 4.73. The third-order valence-corrected chi connectivity index (χ3v) is 5.50. The molecule has 1 aliphatic carbocycles. The third kappa shape index (κ3) is 3.50. The number of amides is 2. The first-order chi connectivity index (χ1) is 12.7. The molecule has 4 nitrogen and oxygen atoms in total. The van der Waals surface area contributed by atoms with Crippen LogP contribution in [-0.2, 0) is 22.6 Å². The van der Waals surface area contributed by atoms with Gasteiger partial charge >= 0.3 is 0 Å². The van der Waals surface area contributed by atoms with Gasteiger partial charge in [0.25, 0.3) is 0 Å². The topological polar surface area (TPSA) is 49.4 Å². The van der Waals surface area contributed by atoms with Gasteiger partial charge in [0.15, 0.2) is 0 Å². The van der Waals surface area contributed by atoms with E-state index in [2.05, 4.69) is 29.6 Å². The van der Waals surface area contributed by atoms with Crippen LogP contribution in [0, 0.1) is 0 Å². The van der Waals surface area contributed by atoms with Gasteiger partial charge in [-0.3, -0.25) is 9.59 Å². The van der Waals surface area contributed by atoms with Crippen molar-refractivity contribution < 1.29 is 9.59 Å². The molecule has 0 unspecified atom stereocenters. The van der Waals surface area contributed by atoms with E-state index in [0.717, 1.165) is 37.1 Å². The Morgan fingerprint density at radius 2 is 1.88 bits per heavy atom. The number of anilines is 1. The lowest BCUT2D eigenvalue weighted by molar-refractivity contribution is -0.121. The smallest absolute Gasteiger partial charge is 0.227 e. The minimum atomic E-state index is 0.102. The molecule has 1 fully saturated rings. The molecule has 1 aliphatic heterocycles. The van der Waals surface area contributed by atoms with Gasteiger partial charge in [-0.25, -0.2) is 0 Å². The summed E-state index contributed by atoms with van der Waals surface area (Å²) < 4.78 is 0. The predicted molar refractivity (Wildman–Crippen MR) is 102 cm³/mol. The van der Waals surface area contributed by atoms with Crippen molar-refractivity contribution in [3.8, 4) is 0 Å². The molecule has 0 bridgehead atoms. The maximum atomic E-state index is 12.3. The van der Waals surface area contributed by atoms with Crippen molar-refractivity contribution in [1.29, 1.82) is 0 Å². The standard InChI is InChI=1S/C22H24N2O2/c25-21(14-18-10-9-17-4-1-2-5-20(17)18)23-15-16-7-11-19(12-8-16)24-13-3-6-22(24)26/h1-2,4-5,7-8,11-12,18H,3,6,9-10,13-15H2,(H,23,25)/t18-/m0/s1. The van der Waals surface area contributed by atoms with E-state index in [1.54, 1.807) is 0 Å². The number of aryl methyl sites for hydroxylation is 1. The van der Waals surface area contributed by atoms with Crippen LogP contribution in [0.25, 0.3) is 0 Å². The average molecular weight is 348 g/mol. The van der Waals surface area contributed by atoms with E-state index in [4.69, 9.17) is 0 Å². The number of nitrogens with one attached hydrogen (secondary N) is 1. The summed E-state index contributed by atoms with van der Waals surface area (Å²) in [4.78, 5) is 26.0. The highest BCUT2D eigenvalue weighted by Gasteiger charge is 2.24. The normalized spacial score (nSPS) is 18.8. The second-order valence-electron chi connectivity index (χ2n) is 7.23. The molecule has 134 valence electrons. The summed E-state index contributed by atoms with van der Waals surface area (Å²) in [5, 5.41) is 3.03. The molecule has 1 N–H and O–H groups in total. The van der Waals surface area contributed by atoms with Crippen molar-refractivity contribution in [1.82, 2.24) is 5.32 Å². The number of nitrogens with zero attached hydrogens (tertiary/aromatic N) is 1. The van der Waals surface area contributed by atoms with E-state index >= 15 is 0 Å². The molecular weight excluding hydrogens is 324 g/mol. The van der Waals surface area contributed by atoms with E-state index < -0.39 is 0 Å². The molecule has 2 aliphatic rings. The maximum Gasteiger partial charge on any atom is 0.227 e. The second-order valence-corrected chi connectivity index (χ2v) is 7.23. The molecule has 4 rings (SSSR count). The molecule has 0 aromatic heterocycles. The molecule has 26 heavy (non-hydrogen) atoms. The summed E-state index contributed by atoms with van der Waals surface area (Å²) in [6, 6.07) is 16.4. The molecule has 2 aromatic carbocycles. The molecular formula is C22H24N2O2. The molecule has 1 heterocycles. The van der Waals surface area contributed by atoms with Gasteiger partial charge in [-0.05, 0) is 54.0 Å². The van der Waals surface area contributed by atoms with Gasteiger partial charge in [0.2, 0.25) is 11.8 Å². The molecule has 2 amide bonds. The Kier molecular flexibility index (Phi) is 4.74. The minimum absolute atomic E-state index is 0.102. The Morgan fingerprint density at radius 1 is 1.08 bits per heavy atom. The summed E-state index contributed by atoms with van der Waals surface area (Å²) >= 11 is 0. The highest BCUT2D eigenvalue weighted by atomic mass is 16.2. The summed E-state index contributed by atoms with van der Waals surface area (Å²) in [7, 11) is 0. The first kappa shape index (κ1) is 16.8. The Bertz CT molecular complexity index is 813. The van der Waals surface area contributed by atoms with Gasteiger partial charge in [0, 0.05) is 31.6 Å². The lowest BCUT2D eigenvalue weighted by Gasteiger charge is -2.16. The zero-order valence-corrected chi connectivity index (χ0v) is 14.9. The Hall–Kier alpha value is -2.62. The SMILES string of the molecule is O=C(C[C@@H]1CCc2ccccc21)NCc1ccc(N2CCCC2=O)cc1. The van der Waals surface area contributed by atoms with Crippen molar-refractivity contribution in [2.45, 2.75) is 44.6 Å². The van der Waals surface area contributed by atoms with Gasteiger partial charge in [-0.15, -0.1) is 0 Å². The second kappa shape index (κ2) is 7.32. The number of carbonyl (C=O) groups excluding carboxylic acids is 2. The quantitative estimate of drug-likeness (QED) is 0.898. The van der Waals surface area contributed by atoms with E-state index in [-0.39, 0.29) is 11.8 Å². The lowest BCUT2D eigenvalue weighted by atomic mass is 9.97. The summed E-state index contributed by atoms with van der Waals surface area (Å²) in [6.07, 6.45) is 4.26. The lowest BCUT2D eigenvalue weighted by Crippen LogP contribution is -2.25. The zero-order valence-electron chi connectivity index (χ0n) is 14.9. The number of hydrogen-bond acceptors (Lipinski definition) is 2. The van der Waals surface area contributed by atoms with Crippen LogP contribution in [-0.4, -0.2) is 18.4 Å². The molecule has 4 heteroatoms. The van der Waals surface area contributed by atoms with Crippen LogP contribution >= 0.6 is 0 Å². The summed E-state index contributed by atoms with van der Waals surface area (Å²) in [6.45, 7) is 1.33. The molecule has 1 atom stereocenters.